The number of benzene rings is 1. The van der Waals surface area contributed by atoms with Crippen LogP contribution in [0.15, 0.2) is 42.7 Å². The summed E-state index contributed by atoms with van der Waals surface area (Å²) in [4.78, 5) is 15.5. The highest BCUT2D eigenvalue weighted by atomic mass is 35.5. The molecule has 2 rings (SSSR count). The number of hydrogen-bond acceptors (Lipinski definition) is 3. The van der Waals surface area contributed by atoms with Gasteiger partial charge in [0.1, 0.15) is 18.2 Å². The minimum atomic E-state index is -0.426. The van der Waals surface area contributed by atoms with Crippen LogP contribution in [-0.2, 0) is 6.54 Å². The molecule has 0 saturated heterocycles. The summed E-state index contributed by atoms with van der Waals surface area (Å²) in [7, 11) is 0. The standard InChI is InChI=1S/C15H15ClFN3O2/c16-13-8-12(17)3-4-14(13)22-7-6-19-15(21)20-10-11-2-1-5-18-9-11/h1-5,8-9H,6-7,10H2,(H2,19,20,21). The Balaban J connectivity index is 1.65. The van der Waals surface area contributed by atoms with Crippen LogP contribution in [0.5, 0.6) is 5.75 Å². The second-order valence-electron chi connectivity index (χ2n) is 4.39. The Kier molecular flexibility index (Phi) is 5.97. The molecule has 2 N–H and O–H groups in total. The maximum atomic E-state index is 12.9. The molecule has 116 valence electrons. The molecule has 0 aliphatic rings. The van der Waals surface area contributed by atoms with Crippen molar-refractivity contribution in [1.29, 1.82) is 0 Å². The molecule has 0 saturated carbocycles. The van der Waals surface area contributed by atoms with E-state index in [1.807, 2.05) is 6.07 Å². The van der Waals surface area contributed by atoms with Crippen molar-refractivity contribution in [2.24, 2.45) is 0 Å². The van der Waals surface area contributed by atoms with Gasteiger partial charge in [-0.3, -0.25) is 4.98 Å². The molecule has 0 bridgehead atoms. The maximum absolute atomic E-state index is 12.9. The number of ether oxygens (including phenoxy) is 1. The molecular formula is C15H15ClFN3O2. The lowest BCUT2D eigenvalue weighted by atomic mass is 10.3. The molecule has 1 aromatic carbocycles. The summed E-state index contributed by atoms with van der Waals surface area (Å²) in [6, 6.07) is 7.24. The first-order chi connectivity index (χ1) is 10.6. The molecule has 0 unspecified atom stereocenters. The smallest absolute Gasteiger partial charge is 0.315 e. The minimum absolute atomic E-state index is 0.195. The van der Waals surface area contributed by atoms with E-state index < -0.39 is 5.82 Å². The van der Waals surface area contributed by atoms with Gasteiger partial charge in [-0.25, -0.2) is 9.18 Å². The average molecular weight is 324 g/mol. The van der Waals surface area contributed by atoms with Crippen LogP contribution in [-0.4, -0.2) is 24.2 Å². The van der Waals surface area contributed by atoms with Crippen LogP contribution < -0.4 is 15.4 Å². The third-order valence-corrected chi connectivity index (χ3v) is 3.01. The third kappa shape index (κ3) is 5.21. The lowest BCUT2D eigenvalue weighted by Crippen LogP contribution is -2.37. The Bertz CT molecular complexity index is 625. The molecule has 0 radical (unpaired) electrons. The molecule has 0 atom stereocenters. The van der Waals surface area contributed by atoms with Gasteiger partial charge in [0.25, 0.3) is 0 Å². The SMILES string of the molecule is O=C(NCCOc1ccc(F)cc1Cl)NCc1cccnc1. The summed E-state index contributed by atoms with van der Waals surface area (Å²) in [6.45, 7) is 0.919. The lowest BCUT2D eigenvalue weighted by molar-refractivity contribution is 0.236. The zero-order chi connectivity index (χ0) is 15.8. The van der Waals surface area contributed by atoms with Crippen LogP contribution in [0.2, 0.25) is 5.02 Å². The molecule has 1 heterocycles. The van der Waals surface area contributed by atoms with Gasteiger partial charge in [-0.2, -0.15) is 0 Å². The number of urea groups is 1. The maximum Gasteiger partial charge on any atom is 0.315 e. The summed E-state index contributed by atoms with van der Waals surface area (Å²) in [6.07, 6.45) is 3.35. The Hall–Kier alpha value is -2.34. The van der Waals surface area contributed by atoms with E-state index in [1.54, 1.807) is 18.5 Å². The summed E-state index contributed by atoms with van der Waals surface area (Å²) in [5.74, 6) is -0.0501. The molecule has 22 heavy (non-hydrogen) atoms. The Labute approximate surface area is 132 Å². The van der Waals surface area contributed by atoms with Gasteiger partial charge < -0.3 is 15.4 Å². The van der Waals surface area contributed by atoms with Gasteiger partial charge in [-0.05, 0) is 29.8 Å². The van der Waals surface area contributed by atoms with Gasteiger partial charge in [0, 0.05) is 18.9 Å². The highest BCUT2D eigenvalue weighted by molar-refractivity contribution is 6.32. The van der Waals surface area contributed by atoms with Crippen molar-refractivity contribution >= 4 is 17.6 Å². The predicted molar refractivity (Wildman–Crippen MR) is 81.4 cm³/mol. The monoisotopic (exact) mass is 323 g/mol. The van der Waals surface area contributed by atoms with E-state index in [9.17, 15) is 9.18 Å². The largest absolute Gasteiger partial charge is 0.490 e. The van der Waals surface area contributed by atoms with Crippen molar-refractivity contribution in [3.05, 3.63) is 59.1 Å². The molecular weight excluding hydrogens is 309 g/mol. The number of nitrogens with zero attached hydrogens (tertiary/aromatic N) is 1. The Morgan fingerprint density at radius 1 is 1.32 bits per heavy atom. The zero-order valence-electron chi connectivity index (χ0n) is 11.7. The normalized spacial score (nSPS) is 10.1. The van der Waals surface area contributed by atoms with Gasteiger partial charge in [-0.15, -0.1) is 0 Å². The van der Waals surface area contributed by atoms with Gasteiger partial charge in [0.05, 0.1) is 11.6 Å². The molecule has 2 aromatic rings. The van der Waals surface area contributed by atoms with Crippen molar-refractivity contribution in [2.75, 3.05) is 13.2 Å². The first kappa shape index (κ1) is 16.0. The molecule has 5 nitrogen and oxygen atoms in total. The number of amides is 2. The molecule has 1 aromatic heterocycles. The van der Waals surface area contributed by atoms with Crippen molar-refractivity contribution in [3.63, 3.8) is 0 Å². The van der Waals surface area contributed by atoms with Crippen LogP contribution in [0.1, 0.15) is 5.56 Å². The molecule has 0 spiro atoms. The van der Waals surface area contributed by atoms with E-state index in [4.69, 9.17) is 16.3 Å². The topological polar surface area (TPSA) is 63.2 Å². The van der Waals surface area contributed by atoms with E-state index in [-0.39, 0.29) is 17.7 Å². The number of halogens is 2. The van der Waals surface area contributed by atoms with Crippen LogP contribution >= 0.6 is 11.6 Å². The molecule has 0 fully saturated rings. The predicted octanol–water partition coefficient (Wildman–Crippen LogP) is 2.75. The number of pyridine rings is 1. The first-order valence-electron chi connectivity index (χ1n) is 6.63. The lowest BCUT2D eigenvalue weighted by Gasteiger charge is -2.10. The Morgan fingerprint density at radius 3 is 2.91 bits per heavy atom. The Morgan fingerprint density at radius 2 is 2.18 bits per heavy atom. The van der Waals surface area contributed by atoms with E-state index in [0.717, 1.165) is 5.56 Å². The summed E-state index contributed by atoms with van der Waals surface area (Å²) >= 11 is 5.82. The quantitative estimate of drug-likeness (QED) is 0.803. The second kappa shape index (κ2) is 8.19. The van der Waals surface area contributed by atoms with Crippen molar-refractivity contribution in [1.82, 2.24) is 15.6 Å². The fourth-order valence-electron chi connectivity index (χ4n) is 1.67. The summed E-state index contributed by atoms with van der Waals surface area (Å²) in [5.41, 5.74) is 0.909. The van der Waals surface area contributed by atoms with E-state index >= 15 is 0 Å². The highest BCUT2D eigenvalue weighted by Gasteiger charge is 2.04. The molecule has 2 amide bonds. The fourth-order valence-corrected chi connectivity index (χ4v) is 1.89. The number of nitrogens with one attached hydrogen (secondary N) is 2. The fraction of sp³-hybridized carbons (Fsp3) is 0.200. The van der Waals surface area contributed by atoms with Crippen LogP contribution in [0.3, 0.4) is 0 Å². The van der Waals surface area contributed by atoms with Crippen molar-refractivity contribution < 1.29 is 13.9 Å². The number of carbonyl (C=O) groups is 1. The molecule has 7 heteroatoms. The van der Waals surface area contributed by atoms with E-state index in [2.05, 4.69) is 15.6 Å². The van der Waals surface area contributed by atoms with Crippen LogP contribution in [0.4, 0.5) is 9.18 Å². The number of carbonyl (C=O) groups excluding carboxylic acids is 1. The highest BCUT2D eigenvalue weighted by Crippen LogP contribution is 2.24. The van der Waals surface area contributed by atoms with Gasteiger partial charge in [0.2, 0.25) is 0 Å². The van der Waals surface area contributed by atoms with Crippen molar-refractivity contribution in [2.45, 2.75) is 6.54 Å². The van der Waals surface area contributed by atoms with Crippen molar-refractivity contribution in [3.8, 4) is 5.75 Å². The number of rotatable bonds is 6. The minimum Gasteiger partial charge on any atom is -0.490 e. The van der Waals surface area contributed by atoms with E-state index in [1.165, 1.54) is 18.2 Å². The first-order valence-corrected chi connectivity index (χ1v) is 7.01. The summed E-state index contributed by atoms with van der Waals surface area (Å²) < 4.78 is 18.2. The second-order valence-corrected chi connectivity index (χ2v) is 4.80. The van der Waals surface area contributed by atoms with Crippen LogP contribution in [0, 0.1) is 5.82 Å². The number of hydrogen-bond donors (Lipinski definition) is 2. The summed E-state index contributed by atoms with van der Waals surface area (Å²) in [5, 5.41) is 5.53. The van der Waals surface area contributed by atoms with Gasteiger partial charge >= 0.3 is 6.03 Å². The average Bonchev–Trinajstić information content (AvgIpc) is 2.52. The number of aromatic nitrogens is 1. The molecule has 0 aliphatic heterocycles. The third-order valence-electron chi connectivity index (χ3n) is 2.71. The molecule has 0 aliphatic carbocycles. The van der Waals surface area contributed by atoms with Gasteiger partial charge in [-0.1, -0.05) is 17.7 Å². The van der Waals surface area contributed by atoms with Gasteiger partial charge in [0.15, 0.2) is 0 Å². The zero-order valence-corrected chi connectivity index (χ0v) is 12.4. The van der Waals surface area contributed by atoms with Crippen LogP contribution in [0.25, 0.3) is 0 Å². The van der Waals surface area contributed by atoms with E-state index in [0.29, 0.717) is 18.8 Å².